The number of carbonyl (C=O) groups is 1. The van der Waals surface area contributed by atoms with Gasteiger partial charge >= 0.3 is 0 Å². The summed E-state index contributed by atoms with van der Waals surface area (Å²) in [6.45, 7) is 0. The molecule has 0 bridgehead atoms. The zero-order valence-electron chi connectivity index (χ0n) is 14.4. The maximum Gasteiger partial charge on any atom is 0.267 e. The van der Waals surface area contributed by atoms with Crippen molar-refractivity contribution in [3.63, 3.8) is 0 Å². The minimum Gasteiger partial charge on any atom is -0.304 e. The molecule has 0 aliphatic carbocycles. The number of para-hydroxylation sites is 1. The molecule has 0 unspecified atom stereocenters. The lowest BCUT2D eigenvalue weighted by molar-refractivity contribution is 0.103. The quantitative estimate of drug-likeness (QED) is 0.444. The number of fused-ring (bicyclic) bond motifs is 2. The van der Waals surface area contributed by atoms with E-state index in [0.29, 0.717) is 22.0 Å². The van der Waals surface area contributed by atoms with E-state index in [1.54, 1.807) is 18.2 Å². The second-order valence-corrected chi connectivity index (χ2v) is 7.35. The fourth-order valence-electron chi connectivity index (χ4n) is 3.05. The lowest BCUT2D eigenvalue weighted by Gasteiger charge is -1.98. The molecule has 0 atom stereocenters. The van der Waals surface area contributed by atoms with Gasteiger partial charge in [-0.15, -0.1) is 11.3 Å². The lowest BCUT2D eigenvalue weighted by atomic mass is 10.1. The molecule has 0 fully saturated rings. The van der Waals surface area contributed by atoms with Gasteiger partial charge in [0.05, 0.1) is 16.1 Å². The zero-order valence-corrected chi connectivity index (χ0v) is 15.3. The second-order valence-electron chi connectivity index (χ2n) is 6.32. The van der Waals surface area contributed by atoms with Crippen LogP contribution in [0.25, 0.3) is 32.4 Å². The van der Waals surface area contributed by atoms with Crippen molar-refractivity contribution in [1.29, 1.82) is 0 Å². The largest absolute Gasteiger partial charge is 0.304 e. The van der Waals surface area contributed by atoms with Crippen molar-refractivity contribution < 1.29 is 9.18 Å². The van der Waals surface area contributed by atoms with Crippen LogP contribution < -0.4 is 5.32 Å². The first kappa shape index (κ1) is 16.6. The first-order valence-corrected chi connectivity index (χ1v) is 9.39. The molecule has 1 amide bonds. The van der Waals surface area contributed by atoms with Crippen LogP contribution in [0.1, 0.15) is 9.67 Å². The maximum atomic E-state index is 13.4. The van der Waals surface area contributed by atoms with Crippen molar-refractivity contribution in [2.24, 2.45) is 0 Å². The lowest BCUT2D eigenvalue weighted by Crippen LogP contribution is -2.10. The molecular formula is C21H13FN4OS. The highest BCUT2D eigenvalue weighted by Crippen LogP contribution is 2.28. The molecular weight excluding hydrogens is 375 g/mol. The van der Waals surface area contributed by atoms with Crippen molar-refractivity contribution in [2.45, 2.75) is 0 Å². The number of rotatable bonds is 3. The maximum absolute atomic E-state index is 13.4. The molecule has 5 aromatic rings. The Labute approximate surface area is 162 Å². The summed E-state index contributed by atoms with van der Waals surface area (Å²) in [7, 11) is 0. The molecule has 136 valence electrons. The molecule has 0 saturated carbocycles. The average Bonchev–Trinajstić information content (AvgIpc) is 3.32. The van der Waals surface area contributed by atoms with Gasteiger partial charge in [-0.1, -0.05) is 30.3 Å². The van der Waals surface area contributed by atoms with Gasteiger partial charge < -0.3 is 5.32 Å². The van der Waals surface area contributed by atoms with Crippen molar-refractivity contribution in [3.8, 4) is 11.3 Å². The Bertz CT molecular complexity index is 1290. The van der Waals surface area contributed by atoms with Crippen LogP contribution in [0.15, 0.2) is 66.7 Å². The van der Waals surface area contributed by atoms with Gasteiger partial charge in [-0.05, 0) is 30.3 Å². The van der Waals surface area contributed by atoms with Crippen LogP contribution in [0.3, 0.4) is 0 Å². The first-order chi connectivity index (χ1) is 13.7. The van der Waals surface area contributed by atoms with E-state index < -0.39 is 0 Å². The fourth-order valence-corrected chi connectivity index (χ4v) is 3.97. The zero-order chi connectivity index (χ0) is 19.1. The number of carbonyl (C=O) groups excluding carboxylic acids is 1. The van der Waals surface area contributed by atoms with E-state index in [-0.39, 0.29) is 11.7 Å². The number of pyridine rings is 1. The Hall–Kier alpha value is -3.58. The predicted molar refractivity (Wildman–Crippen MR) is 109 cm³/mol. The Morgan fingerprint density at radius 2 is 1.89 bits per heavy atom. The topological polar surface area (TPSA) is 70.7 Å². The van der Waals surface area contributed by atoms with E-state index >= 15 is 0 Å². The highest BCUT2D eigenvalue weighted by Gasteiger charge is 2.14. The molecule has 2 N–H and O–H groups in total. The average molecular weight is 388 g/mol. The highest BCUT2D eigenvalue weighted by molar-refractivity contribution is 7.20. The minimum absolute atomic E-state index is 0.260. The van der Waals surface area contributed by atoms with Crippen molar-refractivity contribution >= 4 is 44.2 Å². The second kappa shape index (κ2) is 6.54. The normalized spacial score (nSPS) is 11.2. The molecule has 0 aliphatic heterocycles. The number of benzene rings is 2. The van der Waals surface area contributed by atoms with Crippen LogP contribution in [-0.4, -0.2) is 21.1 Å². The Balaban J connectivity index is 1.42. The molecule has 0 aliphatic rings. The summed E-state index contributed by atoms with van der Waals surface area (Å²) in [5.41, 5.74) is 2.18. The third kappa shape index (κ3) is 3.01. The van der Waals surface area contributed by atoms with Gasteiger partial charge in [-0.2, -0.15) is 5.10 Å². The highest BCUT2D eigenvalue weighted by atomic mass is 32.1. The van der Waals surface area contributed by atoms with Crippen LogP contribution in [0.2, 0.25) is 0 Å². The summed E-state index contributed by atoms with van der Waals surface area (Å²) in [6.07, 6.45) is 0. The fraction of sp³-hybridized carbons (Fsp3) is 0. The molecule has 7 heteroatoms. The summed E-state index contributed by atoms with van der Waals surface area (Å²) in [6, 6.07) is 19.6. The summed E-state index contributed by atoms with van der Waals surface area (Å²) < 4.78 is 13.4. The molecule has 2 aromatic carbocycles. The van der Waals surface area contributed by atoms with Crippen LogP contribution in [0.5, 0.6) is 0 Å². The summed E-state index contributed by atoms with van der Waals surface area (Å²) in [4.78, 5) is 18.6. The monoisotopic (exact) mass is 388 g/mol. The van der Waals surface area contributed by atoms with Crippen molar-refractivity contribution in [3.05, 3.63) is 77.4 Å². The van der Waals surface area contributed by atoms with Gasteiger partial charge in [0.15, 0.2) is 5.82 Å². The van der Waals surface area contributed by atoms with E-state index in [9.17, 15) is 9.18 Å². The standard InChI is InChI=1S/C21H13FN4OS/c22-15-6-3-5-13(9-15)17-11-19(26-25-17)24-20(27)18-10-14-8-12-4-1-2-7-16(12)23-21(14)28-18/h1-11H,(H2,24,25,26,27). The van der Waals surface area contributed by atoms with E-state index in [0.717, 1.165) is 21.1 Å². The third-order valence-corrected chi connectivity index (χ3v) is 5.43. The van der Waals surface area contributed by atoms with Gasteiger partial charge in [0.2, 0.25) is 0 Å². The van der Waals surface area contributed by atoms with E-state index in [1.165, 1.54) is 23.5 Å². The number of thiophene rings is 1. The van der Waals surface area contributed by atoms with Crippen LogP contribution in [0, 0.1) is 5.82 Å². The number of anilines is 1. The van der Waals surface area contributed by atoms with Crippen LogP contribution in [-0.2, 0) is 0 Å². The van der Waals surface area contributed by atoms with Crippen molar-refractivity contribution in [1.82, 2.24) is 15.2 Å². The molecule has 5 nitrogen and oxygen atoms in total. The van der Waals surface area contributed by atoms with Gasteiger partial charge in [0.25, 0.3) is 5.91 Å². The molecule has 0 radical (unpaired) electrons. The molecule has 3 heterocycles. The number of halogens is 1. The molecule has 0 spiro atoms. The summed E-state index contributed by atoms with van der Waals surface area (Å²) in [5, 5.41) is 11.6. The number of nitrogens with zero attached hydrogens (tertiary/aromatic N) is 2. The number of H-pyrrole nitrogens is 1. The summed E-state index contributed by atoms with van der Waals surface area (Å²) >= 11 is 1.33. The minimum atomic E-state index is -0.331. The van der Waals surface area contributed by atoms with E-state index in [4.69, 9.17) is 0 Å². The van der Waals surface area contributed by atoms with Crippen LogP contribution in [0.4, 0.5) is 10.2 Å². The molecule has 5 rings (SSSR count). The smallest absolute Gasteiger partial charge is 0.267 e. The number of hydrogen-bond donors (Lipinski definition) is 2. The molecule has 3 aromatic heterocycles. The third-order valence-electron chi connectivity index (χ3n) is 4.39. The Kier molecular flexibility index (Phi) is 3.87. The van der Waals surface area contributed by atoms with E-state index in [2.05, 4.69) is 20.5 Å². The number of aromatic nitrogens is 3. The van der Waals surface area contributed by atoms with Crippen molar-refractivity contribution in [2.75, 3.05) is 5.32 Å². The number of amides is 1. The number of aromatic amines is 1. The Morgan fingerprint density at radius 1 is 1.00 bits per heavy atom. The SMILES string of the molecule is O=C(Nc1cc(-c2cccc(F)c2)[nH]n1)c1cc2cc3ccccc3nc2s1. The molecule has 28 heavy (non-hydrogen) atoms. The van der Waals surface area contributed by atoms with Gasteiger partial charge in [0.1, 0.15) is 10.6 Å². The van der Waals surface area contributed by atoms with Gasteiger partial charge in [-0.3, -0.25) is 9.89 Å². The predicted octanol–water partition coefficient (Wildman–Crippen LogP) is 5.23. The van der Waals surface area contributed by atoms with E-state index in [1.807, 2.05) is 36.4 Å². The molecule has 0 saturated heterocycles. The van der Waals surface area contributed by atoms with Gasteiger partial charge in [-0.25, -0.2) is 9.37 Å². The van der Waals surface area contributed by atoms with Crippen LogP contribution >= 0.6 is 11.3 Å². The number of nitrogens with one attached hydrogen (secondary N) is 2. The Morgan fingerprint density at radius 3 is 2.79 bits per heavy atom. The van der Waals surface area contributed by atoms with Gasteiger partial charge in [0, 0.05) is 22.4 Å². The number of hydrogen-bond acceptors (Lipinski definition) is 4. The summed E-state index contributed by atoms with van der Waals surface area (Å²) in [5.74, 6) is -0.216. The first-order valence-electron chi connectivity index (χ1n) is 8.58.